The Morgan fingerprint density at radius 2 is 1.46 bits per heavy atom. The molecule has 2 atom stereocenters. The average molecular weight is 185 g/mol. The molecule has 0 radical (unpaired) electrons. The Balaban J connectivity index is 3.65. The fourth-order valence-electron chi connectivity index (χ4n) is 1.77. The third-order valence-corrected chi connectivity index (χ3v) is 2.96. The Bertz CT molecular complexity index is 108. The number of rotatable bonds is 7. The van der Waals surface area contributed by atoms with Gasteiger partial charge in [0.15, 0.2) is 0 Å². The molecule has 0 fully saturated rings. The smallest absolute Gasteiger partial charge is 0.00642 e. The largest absolute Gasteiger partial charge is 0.312 e. The van der Waals surface area contributed by atoms with E-state index in [1.165, 1.54) is 25.7 Å². The Labute approximate surface area is 84.3 Å². The summed E-state index contributed by atoms with van der Waals surface area (Å²) in [6, 6.07) is 1.40. The normalized spacial score (nSPS) is 16.2. The number of hydrogen-bond acceptors (Lipinski definition) is 1. The third kappa shape index (κ3) is 6.09. The Kier molecular flexibility index (Phi) is 7.35. The Morgan fingerprint density at radius 1 is 0.923 bits per heavy atom. The fraction of sp³-hybridized carbons (Fsp3) is 1.00. The van der Waals surface area contributed by atoms with Crippen LogP contribution in [0.2, 0.25) is 0 Å². The standard InChI is InChI=1S/C12H27N/c1-6-10(4)9-11(5)13-12(7-2)8-3/h10-13H,6-9H2,1-5H3. The first-order valence-corrected chi connectivity index (χ1v) is 5.89. The zero-order valence-electron chi connectivity index (χ0n) is 10.1. The van der Waals surface area contributed by atoms with Crippen molar-refractivity contribution in [1.29, 1.82) is 0 Å². The molecule has 0 aromatic heterocycles. The fourth-order valence-corrected chi connectivity index (χ4v) is 1.77. The lowest BCUT2D eigenvalue weighted by Gasteiger charge is -2.23. The minimum atomic E-state index is 0.680. The van der Waals surface area contributed by atoms with Gasteiger partial charge in [-0.25, -0.2) is 0 Å². The molecule has 1 nitrogen and oxygen atoms in total. The predicted octanol–water partition coefficient (Wildman–Crippen LogP) is 3.59. The van der Waals surface area contributed by atoms with Crippen molar-refractivity contribution >= 4 is 0 Å². The summed E-state index contributed by atoms with van der Waals surface area (Å²) in [6.45, 7) is 11.4. The topological polar surface area (TPSA) is 12.0 Å². The average Bonchev–Trinajstić information content (AvgIpc) is 2.13. The monoisotopic (exact) mass is 185 g/mol. The molecule has 0 aromatic rings. The Morgan fingerprint density at radius 3 is 1.85 bits per heavy atom. The first-order chi connectivity index (χ1) is 6.13. The summed E-state index contributed by atoms with van der Waals surface area (Å²) in [4.78, 5) is 0. The van der Waals surface area contributed by atoms with Crippen LogP contribution in [0.4, 0.5) is 0 Å². The van der Waals surface area contributed by atoms with Gasteiger partial charge in [0.1, 0.15) is 0 Å². The van der Waals surface area contributed by atoms with Gasteiger partial charge in [0, 0.05) is 12.1 Å². The predicted molar refractivity (Wildman–Crippen MR) is 61.0 cm³/mol. The molecule has 0 aromatic carbocycles. The van der Waals surface area contributed by atoms with Crippen LogP contribution >= 0.6 is 0 Å². The second-order valence-corrected chi connectivity index (χ2v) is 4.33. The molecule has 0 saturated carbocycles. The summed E-state index contributed by atoms with van der Waals surface area (Å²) < 4.78 is 0. The zero-order chi connectivity index (χ0) is 10.3. The minimum Gasteiger partial charge on any atom is -0.312 e. The Hall–Kier alpha value is -0.0400. The lowest BCUT2D eigenvalue weighted by atomic mass is 9.99. The van der Waals surface area contributed by atoms with Gasteiger partial charge in [-0.3, -0.25) is 0 Å². The number of nitrogens with one attached hydrogen (secondary N) is 1. The lowest BCUT2D eigenvalue weighted by Crippen LogP contribution is -2.36. The molecular weight excluding hydrogens is 158 g/mol. The van der Waals surface area contributed by atoms with Crippen molar-refractivity contribution in [2.45, 2.75) is 72.4 Å². The highest BCUT2D eigenvalue weighted by Crippen LogP contribution is 2.10. The lowest BCUT2D eigenvalue weighted by molar-refractivity contribution is 0.361. The van der Waals surface area contributed by atoms with E-state index < -0.39 is 0 Å². The maximum absolute atomic E-state index is 3.68. The van der Waals surface area contributed by atoms with Gasteiger partial charge in [0.05, 0.1) is 0 Å². The highest BCUT2D eigenvalue weighted by Gasteiger charge is 2.10. The van der Waals surface area contributed by atoms with Crippen LogP contribution in [0.25, 0.3) is 0 Å². The second-order valence-electron chi connectivity index (χ2n) is 4.33. The molecule has 0 saturated heterocycles. The third-order valence-electron chi connectivity index (χ3n) is 2.96. The van der Waals surface area contributed by atoms with E-state index in [1.54, 1.807) is 0 Å². The van der Waals surface area contributed by atoms with Crippen molar-refractivity contribution in [2.75, 3.05) is 0 Å². The van der Waals surface area contributed by atoms with E-state index in [-0.39, 0.29) is 0 Å². The van der Waals surface area contributed by atoms with Gasteiger partial charge < -0.3 is 5.32 Å². The van der Waals surface area contributed by atoms with Gasteiger partial charge in [-0.2, -0.15) is 0 Å². The van der Waals surface area contributed by atoms with Crippen LogP contribution in [0.5, 0.6) is 0 Å². The summed E-state index contributed by atoms with van der Waals surface area (Å²) in [5.74, 6) is 0.858. The van der Waals surface area contributed by atoms with Crippen molar-refractivity contribution in [2.24, 2.45) is 5.92 Å². The van der Waals surface area contributed by atoms with Crippen LogP contribution in [0, 0.1) is 5.92 Å². The van der Waals surface area contributed by atoms with Crippen LogP contribution < -0.4 is 5.32 Å². The maximum Gasteiger partial charge on any atom is 0.00642 e. The van der Waals surface area contributed by atoms with E-state index in [2.05, 4.69) is 39.9 Å². The quantitative estimate of drug-likeness (QED) is 0.639. The van der Waals surface area contributed by atoms with Crippen molar-refractivity contribution in [3.63, 3.8) is 0 Å². The van der Waals surface area contributed by atoms with Crippen molar-refractivity contribution in [1.82, 2.24) is 5.32 Å². The highest BCUT2D eigenvalue weighted by molar-refractivity contribution is 4.70. The van der Waals surface area contributed by atoms with E-state index in [9.17, 15) is 0 Å². The summed E-state index contributed by atoms with van der Waals surface area (Å²) in [7, 11) is 0. The summed E-state index contributed by atoms with van der Waals surface area (Å²) >= 11 is 0. The zero-order valence-corrected chi connectivity index (χ0v) is 10.1. The van der Waals surface area contributed by atoms with Gasteiger partial charge in [-0.15, -0.1) is 0 Å². The first kappa shape index (κ1) is 13.0. The molecule has 0 aliphatic carbocycles. The molecule has 0 spiro atoms. The summed E-state index contributed by atoms with van der Waals surface area (Å²) in [6.07, 6.45) is 5.12. The van der Waals surface area contributed by atoms with Crippen molar-refractivity contribution in [3.05, 3.63) is 0 Å². The maximum atomic E-state index is 3.68. The molecule has 0 aliphatic rings. The van der Waals surface area contributed by atoms with Crippen LogP contribution in [-0.2, 0) is 0 Å². The van der Waals surface area contributed by atoms with Gasteiger partial charge in [-0.05, 0) is 32.1 Å². The van der Waals surface area contributed by atoms with Gasteiger partial charge in [-0.1, -0.05) is 34.1 Å². The summed E-state index contributed by atoms with van der Waals surface area (Å²) in [5, 5.41) is 3.68. The number of hydrogen-bond donors (Lipinski definition) is 1. The molecule has 0 amide bonds. The molecule has 0 bridgehead atoms. The van der Waals surface area contributed by atoms with Crippen LogP contribution in [0.3, 0.4) is 0 Å². The first-order valence-electron chi connectivity index (χ1n) is 5.89. The van der Waals surface area contributed by atoms with E-state index in [0.29, 0.717) is 6.04 Å². The van der Waals surface area contributed by atoms with E-state index in [0.717, 1.165) is 12.0 Å². The van der Waals surface area contributed by atoms with E-state index in [4.69, 9.17) is 0 Å². The van der Waals surface area contributed by atoms with Gasteiger partial charge in [0.25, 0.3) is 0 Å². The van der Waals surface area contributed by atoms with Crippen LogP contribution in [-0.4, -0.2) is 12.1 Å². The van der Waals surface area contributed by atoms with Gasteiger partial charge in [0.2, 0.25) is 0 Å². The molecular formula is C12H27N. The molecule has 0 aliphatic heterocycles. The highest BCUT2D eigenvalue weighted by atomic mass is 14.9. The summed E-state index contributed by atoms with van der Waals surface area (Å²) in [5.41, 5.74) is 0. The minimum absolute atomic E-state index is 0.680. The molecule has 1 N–H and O–H groups in total. The van der Waals surface area contributed by atoms with E-state index >= 15 is 0 Å². The molecule has 2 unspecified atom stereocenters. The molecule has 0 heterocycles. The van der Waals surface area contributed by atoms with Gasteiger partial charge >= 0.3 is 0 Å². The van der Waals surface area contributed by atoms with E-state index in [1.807, 2.05) is 0 Å². The molecule has 1 heteroatoms. The van der Waals surface area contributed by atoms with Crippen molar-refractivity contribution in [3.8, 4) is 0 Å². The molecule has 13 heavy (non-hydrogen) atoms. The molecule has 0 rings (SSSR count). The molecule has 80 valence electrons. The van der Waals surface area contributed by atoms with Crippen LogP contribution in [0.15, 0.2) is 0 Å². The second kappa shape index (κ2) is 7.37. The van der Waals surface area contributed by atoms with Crippen LogP contribution in [0.1, 0.15) is 60.3 Å². The van der Waals surface area contributed by atoms with Crippen molar-refractivity contribution < 1.29 is 0 Å². The SMILES string of the molecule is CCC(C)CC(C)NC(CC)CC.